The maximum absolute atomic E-state index is 12.5. The van der Waals surface area contributed by atoms with E-state index in [1.165, 1.54) is 5.56 Å². The number of pyridine rings is 1. The highest BCUT2D eigenvalue weighted by Gasteiger charge is 2.22. The van der Waals surface area contributed by atoms with E-state index in [0.29, 0.717) is 12.1 Å². The molecule has 0 atom stereocenters. The monoisotopic (exact) mass is 393 g/mol. The lowest BCUT2D eigenvalue weighted by Gasteiger charge is -2.27. The summed E-state index contributed by atoms with van der Waals surface area (Å²) in [5.74, 6) is 0.196. The number of carbonyl (C=O) groups is 1. The molecule has 0 saturated carbocycles. The summed E-state index contributed by atoms with van der Waals surface area (Å²) in [7, 11) is 0. The second-order valence-electron chi connectivity index (χ2n) is 7.79. The summed E-state index contributed by atoms with van der Waals surface area (Å²) in [5, 5.41) is 10.8. The van der Waals surface area contributed by atoms with Crippen molar-refractivity contribution in [2.24, 2.45) is 0 Å². The molecule has 1 fully saturated rings. The largest absolute Gasteiger partial charge is 0.369 e. The minimum absolute atomic E-state index is 0.196. The fourth-order valence-electron chi connectivity index (χ4n) is 4.29. The van der Waals surface area contributed by atoms with E-state index in [9.17, 15) is 10.1 Å². The number of hydrogen-bond acceptors (Lipinski definition) is 5. The van der Waals surface area contributed by atoms with E-state index in [1.54, 1.807) is 6.20 Å². The first-order valence-corrected chi connectivity index (χ1v) is 10.5. The van der Waals surface area contributed by atoms with Crippen LogP contribution in [0.25, 0.3) is 10.9 Å². The molecule has 154 valence electrons. The Morgan fingerprint density at radius 1 is 1.17 bits per heavy atom. The maximum atomic E-state index is 12.5. The summed E-state index contributed by atoms with van der Waals surface area (Å²) in [6.45, 7) is 13.5. The van der Waals surface area contributed by atoms with Gasteiger partial charge in [0, 0.05) is 50.9 Å². The Bertz CT molecular complexity index is 929. The van der Waals surface area contributed by atoms with Crippen molar-refractivity contribution in [3.63, 3.8) is 0 Å². The molecule has 1 aromatic carbocycles. The lowest BCUT2D eigenvalue weighted by Crippen LogP contribution is -2.41. The van der Waals surface area contributed by atoms with E-state index in [4.69, 9.17) is 0 Å². The van der Waals surface area contributed by atoms with Crippen LogP contribution < -0.4 is 4.90 Å². The van der Waals surface area contributed by atoms with Crippen molar-refractivity contribution in [2.45, 2.75) is 34.1 Å². The van der Waals surface area contributed by atoms with E-state index in [2.05, 4.69) is 46.8 Å². The normalized spacial score (nSPS) is 15.2. The fraction of sp³-hybridized carbons (Fsp3) is 0.522. The lowest BCUT2D eigenvalue weighted by molar-refractivity contribution is -0.132. The van der Waals surface area contributed by atoms with E-state index in [0.717, 1.165) is 67.8 Å². The Balaban J connectivity index is 1.86. The Labute approximate surface area is 173 Å². The predicted octanol–water partition coefficient (Wildman–Crippen LogP) is 3.10. The van der Waals surface area contributed by atoms with Crippen molar-refractivity contribution in [2.75, 3.05) is 50.7 Å². The highest BCUT2D eigenvalue weighted by molar-refractivity contribution is 5.96. The smallest absolute Gasteiger partial charge is 0.236 e. The molecule has 6 nitrogen and oxygen atoms in total. The van der Waals surface area contributed by atoms with Gasteiger partial charge in [-0.3, -0.25) is 14.7 Å². The second kappa shape index (κ2) is 9.23. The molecule has 1 aliphatic rings. The number of aryl methyl sites for hydroxylation is 2. The van der Waals surface area contributed by atoms with Crippen LogP contribution in [0.5, 0.6) is 0 Å². The van der Waals surface area contributed by atoms with Gasteiger partial charge in [-0.25, -0.2) is 0 Å². The molecule has 0 bridgehead atoms. The molecule has 1 aliphatic heterocycles. The van der Waals surface area contributed by atoms with Crippen molar-refractivity contribution >= 4 is 22.5 Å². The van der Waals surface area contributed by atoms with Crippen LogP contribution in [0.1, 0.15) is 37.0 Å². The summed E-state index contributed by atoms with van der Waals surface area (Å²) in [6.07, 6.45) is 2.66. The van der Waals surface area contributed by atoms with E-state index in [-0.39, 0.29) is 5.91 Å². The first-order valence-electron chi connectivity index (χ1n) is 10.5. The van der Waals surface area contributed by atoms with Gasteiger partial charge in [-0.15, -0.1) is 0 Å². The van der Waals surface area contributed by atoms with Crippen molar-refractivity contribution in [3.05, 3.63) is 35.0 Å². The Morgan fingerprint density at radius 2 is 1.93 bits per heavy atom. The second-order valence-corrected chi connectivity index (χ2v) is 7.79. The molecule has 3 rings (SSSR count). The standard InChI is InChI=1S/C23H31N5O/c1-5-27(6-2)21(29)16-26-8-7-9-28(11-10-26)23-19(14-24)15-25-22-18(4)12-17(3)13-20(22)23/h12-13,15H,5-11,16H2,1-4H3. The quantitative estimate of drug-likeness (QED) is 0.781. The summed E-state index contributed by atoms with van der Waals surface area (Å²) in [5.41, 5.74) is 4.88. The molecule has 1 saturated heterocycles. The molecule has 0 aliphatic carbocycles. The SMILES string of the molecule is CCN(CC)C(=O)CN1CCCN(c2c(C#N)cnc3c(C)cc(C)cc23)CC1. The summed E-state index contributed by atoms with van der Waals surface area (Å²) >= 11 is 0. The van der Waals surface area contributed by atoms with E-state index < -0.39 is 0 Å². The zero-order valence-electron chi connectivity index (χ0n) is 18.0. The first kappa shape index (κ1) is 21.1. The van der Waals surface area contributed by atoms with Gasteiger partial charge >= 0.3 is 0 Å². The lowest BCUT2D eigenvalue weighted by atomic mass is 10.0. The summed E-state index contributed by atoms with van der Waals surface area (Å²) in [4.78, 5) is 23.5. The van der Waals surface area contributed by atoms with Crippen molar-refractivity contribution in [1.29, 1.82) is 5.26 Å². The summed E-state index contributed by atoms with van der Waals surface area (Å²) < 4.78 is 0. The molecule has 2 heterocycles. The number of aromatic nitrogens is 1. The minimum atomic E-state index is 0.196. The summed E-state index contributed by atoms with van der Waals surface area (Å²) in [6, 6.07) is 6.61. The number of nitrogens with zero attached hydrogens (tertiary/aromatic N) is 5. The van der Waals surface area contributed by atoms with Gasteiger partial charge in [-0.1, -0.05) is 11.6 Å². The average Bonchev–Trinajstić information content (AvgIpc) is 2.93. The molecule has 6 heteroatoms. The average molecular weight is 394 g/mol. The topological polar surface area (TPSA) is 63.5 Å². The number of likely N-dealkylation sites (N-methyl/N-ethyl adjacent to an activating group) is 1. The molecular formula is C23H31N5O. The molecule has 0 N–H and O–H groups in total. The Kier molecular flexibility index (Phi) is 6.71. The third kappa shape index (κ3) is 4.51. The first-order chi connectivity index (χ1) is 14.0. The van der Waals surface area contributed by atoms with Crippen molar-refractivity contribution in [3.8, 4) is 6.07 Å². The zero-order chi connectivity index (χ0) is 21.0. The van der Waals surface area contributed by atoms with Crippen LogP contribution >= 0.6 is 0 Å². The number of anilines is 1. The van der Waals surface area contributed by atoms with Crippen molar-refractivity contribution in [1.82, 2.24) is 14.8 Å². The number of benzene rings is 1. The molecule has 0 radical (unpaired) electrons. The van der Waals surface area contributed by atoms with Crippen LogP contribution in [0.2, 0.25) is 0 Å². The van der Waals surface area contributed by atoms with Crippen LogP contribution in [0.15, 0.2) is 18.3 Å². The van der Waals surface area contributed by atoms with Crippen LogP contribution in [0.4, 0.5) is 5.69 Å². The van der Waals surface area contributed by atoms with Gasteiger partial charge in [0.25, 0.3) is 0 Å². The van der Waals surface area contributed by atoms with Crippen molar-refractivity contribution < 1.29 is 4.79 Å². The van der Waals surface area contributed by atoms with Crippen LogP contribution in [-0.4, -0.2) is 66.5 Å². The molecular weight excluding hydrogens is 362 g/mol. The van der Waals surface area contributed by atoms with E-state index >= 15 is 0 Å². The zero-order valence-corrected chi connectivity index (χ0v) is 18.0. The third-order valence-corrected chi connectivity index (χ3v) is 5.78. The van der Waals surface area contributed by atoms with Gasteiger partial charge in [0.1, 0.15) is 6.07 Å². The van der Waals surface area contributed by atoms with Gasteiger partial charge in [0.15, 0.2) is 0 Å². The highest BCUT2D eigenvalue weighted by atomic mass is 16.2. The van der Waals surface area contributed by atoms with E-state index in [1.807, 2.05) is 18.7 Å². The molecule has 0 unspecified atom stereocenters. The maximum Gasteiger partial charge on any atom is 0.236 e. The van der Waals surface area contributed by atoms with Crippen LogP contribution in [0, 0.1) is 25.2 Å². The molecule has 2 aromatic rings. The predicted molar refractivity (Wildman–Crippen MR) is 117 cm³/mol. The van der Waals surface area contributed by atoms with Gasteiger partial charge in [-0.2, -0.15) is 5.26 Å². The molecule has 0 spiro atoms. The van der Waals surface area contributed by atoms with Gasteiger partial charge in [-0.05, 0) is 45.7 Å². The number of carbonyl (C=O) groups excluding carboxylic acids is 1. The fourth-order valence-corrected chi connectivity index (χ4v) is 4.29. The number of hydrogen-bond donors (Lipinski definition) is 0. The minimum Gasteiger partial charge on any atom is -0.369 e. The van der Waals surface area contributed by atoms with Gasteiger partial charge in [0.2, 0.25) is 5.91 Å². The molecule has 29 heavy (non-hydrogen) atoms. The molecule has 1 amide bonds. The number of fused-ring (bicyclic) bond motifs is 1. The van der Waals surface area contributed by atoms with Crippen LogP contribution in [-0.2, 0) is 4.79 Å². The van der Waals surface area contributed by atoms with Gasteiger partial charge < -0.3 is 9.80 Å². The molecule has 1 aromatic heterocycles. The highest BCUT2D eigenvalue weighted by Crippen LogP contribution is 2.32. The number of amides is 1. The Morgan fingerprint density at radius 3 is 2.62 bits per heavy atom. The Hall–Kier alpha value is -2.65. The van der Waals surface area contributed by atoms with Crippen LogP contribution in [0.3, 0.4) is 0 Å². The third-order valence-electron chi connectivity index (χ3n) is 5.78. The van der Waals surface area contributed by atoms with Gasteiger partial charge in [0.05, 0.1) is 23.3 Å². The number of rotatable bonds is 5. The number of nitriles is 1.